The van der Waals surface area contributed by atoms with Gasteiger partial charge < -0.3 is 15.2 Å². The van der Waals surface area contributed by atoms with Crippen LogP contribution in [-0.2, 0) is 4.74 Å². The topological polar surface area (TPSA) is 131 Å². The second kappa shape index (κ2) is 7.77. The van der Waals surface area contributed by atoms with Crippen LogP contribution in [0.1, 0.15) is 41.7 Å². The molecule has 0 saturated heterocycles. The Morgan fingerprint density at radius 3 is 2.26 bits per heavy atom. The van der Waals surface area contributed by atoms with Gasteiger partial charge in [0.05, 0.1) is 18.1 Å². The third kappa shape index (κ3) is 5.46. The quantitative estimate of drug-likeness (QED) is 0.748. The highest BCUT2D eigenvalue weighted by Crippen LogP contribution is 2.26. The van der Waals surface area contributed by atoms with Crippen LogP contribution in [0.5, 0.6) is 0 Å². The molecule has 27 heavy (non-hydrogen) atoms. The molecule has 0 bridgehead atoms. The van der Waals surface area contributed by atoms with Crippen molar-refractivity contribution in [2.75, 3.05) is 10.6 Å². The van der Waals surface area contributed by atoms with Crippen molar-refractivity contribution in [3.8, 4) is 0 Å². The normalized spacial score (nSPS) is 10.8. The Labute approximate surface area is 153 Å². The lowest BCUT2D eigenvalue weighted by Crippen LogP contribution is -2.27. The van der Waals surface area contributed by atoms with E-state index in [1.165, 1.54) is 12.1 Å². The number of nitrogens with zero attached hydrogens (tertiary/aromatic N) is 2. The van der Waals surface area contributed by atoms with Crippen molar-refractivity contribution in [2.24, 2.45) is 0 Å². The number of aromatic carboxylic acids is 1. The van der Waals surface area contributed by atoms with Crippen LogP contribution < -0.4 is 10.6 Å². The molecule has 0 atom stereocenters. The first kappa shape index (κ1) is 19.8. The van der Waals surface area contributed by atoms with Crippen LogP contribution in [0, 0.1) is 5.82 Å². The lowest BCUT2D eigenvalue weighted by Gasteiger charge is -2.20. The summed E-state index contributed by atoms with van der Waals surface area (Å²) in [5, 5.41) is 13.4. The van der Waals surface area contributed by atoms with Crippen molar-refractivity contribution >= 4 is 29.3 Å². The number of para-hydroxylation sites is 1. The van der Waals surface area contributed by atoms with Gasteiger partial charge in [-0.1, -0.05) is 6.07 Å². The second-order valence-electron chi connectivity index (χ2n) is 6.34. The van der Waals surface area contributed by atoms with Crippen LogP contribution >= 0.6 is 0 Å². The molecular weight excluding hydrogens is 359 g/mol. The molecule has 2 amide bonds. The maximum absolute atomic E-state index is 14.2. The molecule has 142 valence electrons. The number of carbonyl (C=O) groups is 3. The minimum absolute atomic E-state index is 0.0206. The van der Waals surface area contributed by atoms with E-state index in [0.29, 0.717) is 0 Å². The maximum Gasteiger partial charge on any atom is 0.412 e. The Bertz CT molecular complexity index is 878. The van der Waals surface area contributed by atoms with E-state index in [-0.39, 0.29) is 22.8 Å². The molecule has 3 N–H and O–H groups in total. The van der Waals surface area contributed by atoms with Crippen LogP contribution in [0.15, 0.2) is 30.6 Å². The van der Waals surface area contributed by atoms with Gasteiger partial charge >= 0.3 is 12.1 Å². The van der Waals surface area contributed by atoms with Gasteiger partial charge in [-0.15, -0.1) is 0 Å². The molecule has 0 saturated carbocycles. The standard InChI is InChI=1S/C17H17FN4O5/c1-17(2,3)27-16(26)21-10-6-4-5-9(18)13(10)22-14(23)11-7-20-12(8-19-11)15(24)25/h4-8H,1-3H3,(H,21,26)(H,22,23)(H,24,25). The third-order valence-corrected chi connectivity index (χ3v) is 2.99. The number of ether oxygens (including phenoxy) is 1. The molecule has 1 aromatic heterocycles. The number of carboxylic acid groups (broad SMARTS) is 1. The Hall–Kier alpha value is -3.56. The fraction of sp³-hybridized carbons (Fsp3) is 0.235. The van der Waals surface area contributed by atoms with Gasteiger partial charge in [-0.25, -0.2) is 23.9 Å². The summed E-state index contributed by atoms with van der Waals surface area (Å²) in [6.45, 7) is 5.00. The number of anilines is 2. The van der Waals surface area contributed by atoms with Gasteiger partial charge in [0.25, 0.3) is 5.91 Å². The Morgan fingerprint density at radius 2 is 1.70 bits per heavy atom. The number of amides is 2. The molecule has 0 fully saturated rings. The molecule has 2 rings (SSSR count). The van der Waals surface area contributed by atoms with Gasteiger partial charge in [-0.05, 0) is 32.9 Å². The molecule has 9 nitrogen and oxygen atoms in total. The van der Waals surface area contributed by atoms with Gasteiger partial charge in [0.1, 0.15) is 22.8 Å². The predicted molar refractivity (Wildman–Crippen MR) is 93.2 cm³/mol. The summed E-state index contributed by atoms with van der Waals surface area (Å²) in [4.78, 5) is 42.1. The van der Waals surface area contributed by atoms with Crippen LogP contribution in [0.2, 0.25) is 0 Å². The molecule has 1 heterocycles. The highest BCUT2D eigenvalue weighted by atomic mass is 19.1. The van der Waals surface area contributed by atoms with E-state index in [4.69, 9.17) is 9.84 Å². The van der Waals surface area contributed by atoms with Crippen LogP contribution in [-0.4, -0.2) is 38.6 Å². The van der Waals surface area contributed by atoms with E-state index in [1.54, 1.807) is 20.8 Å². The zero-order valence-corrected chi connectivity index (χ0v) is 14.7. The summed E-state index contributed by atoms with van der Waals surface area (Å²) in [7, 11) is 0. The summed E-state index contributed by atoms with van der Waals surface area (Å²) in [5.74, 6) is -2.93. The summed E-state index contributed by atoms with van der Waals surface area (Å²) in [6, 6.07) is 3.82. The minimum Gasteiger partial charge on any atom is -0.476 e. The molecule has 0 radical (unpaired) electrons. The highest BCUT2D eigenvalue weighted by molar-refractivity contribution is 6.05. The van der Waals surface area contributed by atoms with E-state index < -0.39 is 29.4 Å². The number of hydrogen-bond donors (Lipinski definition) is 3. The third-order valence-electron chi connectivity index (χ3n) is 2.99. The first-order chi connectivity index (χ1) is 12.6. The number of carbonyl (C=O) groups excluding carboxylic acids is 2. The predicted octanol–water partition coefficient (Wildman–Crippen LogP) is 2.91. The van der Waals surface area contributed by atoms with Crippen LogP contribution in [0.25, 0.3) is 0 Å². The van der Waals surface area contributed by atoms with E-state index in [1.807, 2.05) is 0 Å². The molecular formula is C17H17FN4O5. The first-order valence-electron chi connectivity index (χ1n) is 7.72. The van der Waals surface area contributed by atoms with Crippen molar-refractivity contribution in [3.63, 3.8) is 0 Å². The van der Waals surface area contributed by atoms with Gasteiger partial charge in [0.15, 0.2) is 5.69 Å². The van der Waals surface area contributed by atoms with Crippen LogP contribution in [0.3, 0.4) is 0 Å². The first-order valence-corrected chi connectivity index (χ1v) is 7.72. The Kier molecular flexibility index (Phi) is 5.69. The second-order valence-corrected chi connectivity index (χ2v) is 6.34. The largest absolute Gasteiger partial charge is 0.476 e. The smallest absolute Gasteiger partial charge is 0.412 e. The van der Waals surface area contributed by atoms with E-state index in [9.17, 15) is 18.8 Å². The van der Waals surface area contributed by atoms with Crippen molar-refractivity contribution in [1.29, 1.82) is 0 Å². The highest BCUT2D eigenvalue weighted by Gasteiger charge is 2.20. The number of aromatic nitrogens is 2. The van der Waals surface area contributed by atoms with E-state index in [2.05, 4.69) is 20.6 Å². The lowest BCUT2D eigenvalue weighted by atomic mass is 10.2. The Balaban J connectivity index is 2.21. The maximum atomic E-state index is 14.2. The molecule has 0 spiro atoms. The number of benzene rings is 1. The molecule has 0 aliphatic rings. The minimum atomic E-state index is -1.30. The average Bonchev–Trinajstić information content (AvgIpc) is 2.56. The molecule has 2 aromatic rings. The number of rotatable bonds is 4. The van der Waals surface area contributed by atoms with E-state index >= 15 is 0 Å². The molecule has 0 unspecified atom stereocenters. The molecule has 10 heteroatoms. The van der Waals surface area contributed by atoms with Crippen molar-refractivity contribution < 1.29 is 28.6 Å². The van der Waals surface area contributed by atoms with Crippen molar-refractivity contribution in [3.05, 3.63) is 47.8 Å². The monoisotopic (exact) mass is 376 g/mol. The van der Waals surface area contributed by atoms with Crippen molar-refractivity contribution in [2.45, 2.75) is 26.4 Å². The molecule has 1 aromatic carbocycles. The summed E-state index contributed by atoms with van der Waals surface area (Å²) < 4.78 is 19.3. The van der Waals surface area contributed by atoms with Gasteiger partial charge in [-0.2, -0.15) is 0 Å². The SMILES string of the molecule is CC(C)(C)OC(=O)Nc1cccc(F)c1NC(=O)c1cnc(C(=O)O)cn1. The molecule has 0 aliphatic carbocycles. The summed E-state index contributed by atoms with van der Waals surface area (Å²) in [6.07, 6.45) is 1.02. The Morgan fingerprint density at radius 1 is 1.07 bits per heavy atom. The number of nitrogens with one attached hydrogen (secondary N) is 2. The van der Waals surface area contributed by atoms with Crippen LogP contribution in [0.4, 0.5) is 20.6 Å². The zero-order valence-electron chi connectivity index (χ0n) is 14.7. The fourth-order valence-corrected chi connectivity index (χ4v) is 1.90. The summed E-state index contributed by atoms with van der Waals surface area (Å²) >= 11 is 0. The van der Waals surface area contributed by atoms with Crippen molar-refractivity contribution in [1.82, 2.24) is 9.97 Å². The molecule has 0 aliphatic heterocycles. The average molecular weight is 376 g/mol. The van der Waals surface area contributed by atoms with Gasteiger partial charge in [0.2, 0.25) is 0 Å². The van der Waals surface area contributed by atoms with E-state index in [0.717, 1.165) is 18.5 Å². The number of carboxylic acids is 1. The van der Waals surface area contributed by atoms with Gasteiger partial charge in [-0.3, -0.25) is 10.1 Å². The zero-order chi connectivity index (χ0) is 20.2. The summed E-state index contributed by atoms with van der Waals surface area (Å²) in [5.41, 5.74) is -1.65. The van der Waals surface area contributed by atoms with Gasteiger partial charge in [0, 0.05) is 0 Å². The fourth-order valence-electron chi connectivity index (χ4n) is 1.90. The number of halogens is 1. The lowest BCUT2D eigenvalue weighted by molar-refractivity contribution is 0.0633. The number of hydrogen-bond acceptors (Lipinski definition) is 6.